The van der Waals surface area contributed by atoms with Crippen molar-refractivity contribution < 1.29 is 9.47 Å². The second kappa shape index (κ2) is 10.2. The van der Waals surface area contributed by atoms with Gasteiger partial charge in [0.05, 0.1) is 31.5 Å². The van der Waals surface area contributed by atoms with Gasteiger partial charge in [0, 0.05) is 30.3 Å². The Bertz CT molecular complexity index is 1270. The quantitative estimate of drug-likeness (QED) is 0.336. The molecule has 1 N–H and O–H groups in total. The number of hydrogen-bond acceptors (Lipinski definition) is 4. The number of ether oxygens (including phenoxy) is 2. The van der Waals surface area contributed by atoms with E-state index in [9.17, 15) is 0 Å². The van der Waals surface area contributed by atoms with Crippen LogP contribution in [0.4, 0.5) is 0 Å². The molecule has 1 saturated heterocycles. The van der Waals surface area contributed by atoms with Crippen molar-refractivity contribution in [2.24, 2.45) is 0 Å². The molecule has 0 saturated carbocycles. The number of methoxy groups -OCH3 is 1. The predicted octanol–water partition coefficient (Wildman–Crippen LogP) is 5.45. The minimum absolute atomic E-state index is 0.0546. The highest BCUT2D eigenvalue weighted by Gasteiger charge is 2.41. The highest BCUT2D eigenvalue weighted by atomic mass is 32.1. The second-order valence-corrected chi connectivity index (χ2v) is 8.72. The van der Waals surface area contributed by atoms with Crippen LogP contribution < -0.4 is 14.8 Å². The SMILES string of the molecule is CCOc1ccc(-n2cccc2[C@H]2[C@H](c3ccccn3)NC(=S)N2Cc2ccc(OC)cc2)cc1. The Morgan fingerprint density at radius 3 is 2.40 bits per heavy atom. The first-order chi connectivity index (χ1) is 17.2. The summed E-state index contributed by atoms with van der Waals surface area (Å²) in [7, 11) is 1.68. The van der Waals surface area contributed by atoms with Crippen molar-refractivity contribution >= 4 is 17.3 Å². The second-order valence-electron chi connectivity index (χ2n) is 8.33. The number of pyridine rings is 1. The lowest BCUT2D eigenvalue weighted by Gasteiger charge is -2.29. The molecule has 0 radical (unpaired) electrons. The van der Waals surface area contributed by atoms with E-state index >= 15 is 0 Å². The fourth-order valence-corrected chi connectivity index (χ4v) is 4.87. The standard InChI is InChI=1S/C28H28N4O2S/c1-3-34-23-15-11-21(12-16-23)31-18-6-8-25(31)27-26(24-7-4-5-17-29-24)30-28(35)32(27)19-20-9-13-22(33-2)14-10-20/h4-18,26-27H,3,19H2,1-2H3,(H,30,35)/t26-,27-/m0/s1. The molecule has 5 rings (SSSR count). The van der Waals surface area contributed by atoms with Crippen molar-refractivity contribution in [1.82, 2.24) is 19.8 Å². The van der Waals surface area contributed by atoms with E-state index < -0.39 is 0 Å². The minimum Gasteiger partial charge on any atom is -0.497 e. The maximum absolute atomic E-state index is 5.86. The van der Waals surface area contributed by atoms with Crippen molar-refractivity contribution in [1.29, 1.82) is 0 Å². The summed E-state index contributed by atoms with van der Waals surface area (Å²) in [6.45, 7) is 3.30. The molecule has 1 aliphatic rings. The zero-order chi connectivity index (χ0) is 24.2. The summed E-state index contributed by atoms with van der Waals surface area (Å²) in [4.78, 5) is 6.91. The van der Waals surface area contributed by atoms with Gasteiger partial charge in [-0.1, -0.05) is 18.2 Å². The van der Waals surface area contributed by atoms with Crippen LogP contribution in [0.25, 0.3) is 5.69 Å². The molecule has 2 aromatic heterocycles. The van der Waals surface area contributed by atoms with Crippen LogP contribution >= 0.6 is 12.2 Å². The summed E-state index contributed by atoms with van der Waals surface area (Å²) in [5.74, 6) is 1.70. The van der Waals surface area contributed by atoms with Crippen LogP contribution in [0.3, 0.4) is 0 Å². The van der Waals surface area contributed by atoms with Crippen molar-refractivity contribution in [2.45, 2.75) is 25.6 Å². The van der Waals surface area contributed by atoms with Gasteiger partial charge in [-0.05, 0) is 85.4 Å². The van der Waals surface area contributed by atoms with E-state index in [2.05, 4.69) is 62.4 Å². The Morgan fingerprint density at radius 1 is 0.943 bits per heavy atom. The van der Waals surface area contributed by atoms with Crippen LogP contribution in [0, 0.1) is 0 Å². The molecular formula is C28H28N4O2S. The van der Waals surface area contributed by atoms with E-state index in [1.54, 1.807) is 7.11 Å². The fourth-order valence-electron chi connectivity index (χ4n) is 4.56. The van der Waals surface area contributed by atoms with Crippen LogP contribution in [0.5, 0.6) is 11.5 Å². The first-order valence-corrected chi connectivity index (χ1v) is 12.1. The Kier molecular flexibility index (Phi) is 6.68. The summed E-state index contributed by atoms with van der Waals surface area (Å²) in [5.41, 5.74) is 4.30. The molecule has 0 spiro atoms. The summed E-state index contributed by atoms with van der Waals surface area (Å²) >= 11 is 5.86. The van der Waals surface area contributed by atoms with Crippen LogP contribution in [-0.4, -0.2) is 33.3 Å². The lowest BCUT2D eigenvalue weighted by molar-refractivity contribution is 0.302. The molecule has 0 unspecified atom stereocenters. The molecule has 1 aliphatic heterocycles. The molecule has 4 aromatic rings. The van der Waals surface area contributed by atoms with Gasteiger partial charge in [-0.15, -0.1) is 0 Å². The summed E-state index contributed by atoms with van der Waals surface area (Å²) in [6.07, 6.45) is 3.92. The minimum atomic E-state index is -0.0849. The smallest absolute Gasteiger partial charge is 0.170 e. The molecule has 0 aliphatic carbocycles. The summed E-state index contributed by atoms with van der Waals surface area (Å²) < 4.78 is 13.2. The number of rotatable bonds is 8. The summed E-state index contributed by atoms with van der Waals surface area (Å²) in [6, 6.07) is 26.4. The average molecular weight is 485 g/mol. The Morgan fingerprint density at radius 2 is 1.71 bits per heavy atom. The fraction of sp³-hybridized carbons (Fsp3) is 0.214. The third kappa shape index (κ3) is 4.72. The molecular weight excluding hydrogens is 456 g/mol. The first kappa shape index (κ1) is 22.9. The van der Waals surface area contributed by atoms with Crippen molar-refractivity contribution in [3.8, 4) is 17.2 Å². The molecule has 0 bridgehead atoms. The van der Waals surface area contributed by atoms with Gasteiger partial charge in [-0.3, -0.25) is 4.98 Å². The molecule has 3 heterocycles. The lowest BCUT2D eigenvalue weighted by Crippen LogP contribution is -2.30. The molecule has 0 amide bonds. The Labute approximate surface area is 211 Å². The number of benzene rings is 2. The highest BCUT2D eigenvalue weighted by Crippen LogP contribution is 2.40. The van der Waals surface area contributed by atoms with E-state index in [1.807, 2.05) is 55.6 Å². The van der Waals surface area contributed by atoms with Gasteiger partial charge in [0.15, 0.2) is 5.11 Å². The van der Waals surface area contributed by atoms with Gasteiger partial charge < -0.3 is 24.3 Å². The van der Waals surface area contributed by atoms with E-state index in [4.69, 9.17) is 21.7 Å². The lowest BCUT2D eigenvalue weighted by atomic mass is 10.0. The van der Waals surface area contributed by atoms with Gasteiger partial charge in [0.2, 0.25) is 0 Å². The Balaban J connectivity index is 1.54. The monoisotopic (exact) mass is 484 g/mol. The zero-order valence-electron chi connectivity index (χ0n) is 19.8. The van der Waals surface area contributed by atoms with Crippen molar-refractivity contribution in [3.05, 3.63) is 108 Å². The van der Waals surface area contributed by atoms with Crippen molar-refractivity contribution in [2.75, 3.05) is 13.7 Å². The molecule has 178 valence electrons. The largest absolute Gasteiger partial charge is 0.497 e. The molecule has 2 atom stereocenters. The molecule has 7 heteroatoms. The van der Waals surface area contributed by atoms with Gasteiger partial charge in [0.1, 0.15) is 11.5 Å². The topological polar surface area (TPSA) is 51.5 Å². The van der Waals surface area contributed by atoms with Crippen LogP contribution in [0.1, 0.15) is 36.0 Å². The normalized spacial score (nSPS) is 17.3. The molecule has 2 aromatic carbocycles. The van der Waals surface area contributed by atoms with E-state index in [0.29, 0.717) is 18.3 Å². The van der Waals surface area contributed by atoms with E-state index in [1.165, 1.54) is 0 Å². The number of thiocarbonyl (C=S) groups is 1. The number of aromatic nitrogens is 2. The molecule has 6 nitrogen and oxygen atoms in total. The van der Waals surface area contributed by atoms with Gasteiger partial charge >= 0.3 is 0 Å². The van der Waals surface area contributed by atoms with Crippen molar-refractivity contribution in [3.63, 3.8) is 0 Å². The highest BCUT2D eigenvalue weighted by molar-refractivity contribution is 7.80. The number of nitrogens with zero attached hydrogens (tertiary/aromatic N) is 3. The summed E-state index contributed by atoms with van der Waals surface area (Å²) in [5, 5.41) is 4.25. The van der Waals surface area contributed by atoms with E-state index in [0.717, 1.165) is 34.1 Å². The van der Waals surface area contributed by atoms with Gasteiger partial charge in [-0.25, -0.2) is 0 Å². The number of nitrogens with one attached hydrogen (secondary N) is 1. The number of hydrogen-bond donors (Lipinski definition) is 1. The maximum Gasteiger partial charge on any atom is 0.170 e. The predicted molar refractivity (Wildman–Crippen MR) is 141 cm³/mol. The third-order valence-corrected chi connectivity index (χ3v) is 6.57. The van der Waals surface area contributed by atoms with Crippen LogP contribution in [-0.2, 0) is 6.54 Å². The maximum atomic E-state index is 5.86. The average Bonchev–Trinajstić information content (AvgIpc) is 3.50. The third-order valence-electron chi connectivity index (χ3n) is 6.22. The van der Waals surface area contributed by atoms with Gasteiger partial charge in [0.25, 0.3) is 0 Å². The van der Waals surface area contributed by atoms with Gasteiger partial charge in [-0.2, -0.15) is 0 Å². The Hall–Kier alpha value is -3.84. The zero-order valence-corrected chi connectivity index (χ0v) is 20.6. The first-order valence-electron chi connectivity index (χ1n) is 11.7. The van der Waals surface area contributed by atoms with E-state index in [-0.39, 0.29) is 12.1 Å². The molecule has 1 fully saturated rings. The van der Waals surface area contributed by atoms with Crippen LogP contribution in [0.15, 0.2) is 91.3 Å². The molecule has 35 heavy (non-hydrogen) atoms. The van der Waals surface area contributed by atoms with Crippen LogP contribution in [0.2, 0.25) is 0 Å².